The van der Waals surface area contributed by atoms with Gasteiger partial charge in [0, 0.05) is 12.1 Å². The number of nitrogens with one attached hydrogen (secondary N) is 1. The van der Waals surface area contributed by atoms with Gasteiger partial charge in [-0.25, -0.2) is 4.79 Å². The van der Waals surface area contributed by atoms with Crippen molar-refractivity contribution in [2.24, 2.45) is 0 Å². The molecule has 0 saturated carbocycles. The molecule has 11 heteroatoms. The highest BCUT2D eigenvalue weighted by Gasteiger charge is 2.21. The molecule has 0 fully saturated rings. The lowest BCUT2D eigenvalue weighted by molar-refractivity contribution is -0.384. The molecule has 2 aromatic carbocycles. The Labute approximate surface area is 171 Å². The Morgan fingerprint density at radius 3 is 2.13 bits per heavy atom. The molecule has 2 aromatic rings. The van der Waals surface area contributed by atoms with Gasteiger partial charge in [0.05, 0.1) is 39.4 Å². The Morgan fingerprint density at radius 1 is 0.933 bits per heavy atom. The van der Waals surface area contributed by atoms with Crippen LogP contribution in [0.2, 0.25) is 0 Å². The van der Waals surface area contributed by atoms with E-state index in [9.17, 15) is 19.7 Å². The Balaban J connectivity index is 2.12. The van der Waals surface area contributed by atoms with Gasteiger partial charge in [-0.15, -0.1) is 0 Å². The number of hydrogen-bond acceptors (Lipinski definition) is 9. The average Bonchev–Trinajstić information content (AvgIpc) is 2.76. The fourth-order valence-corrected chi connectivity index (χ4v) is 2.48. The zero-order chi connectivity index (χ0) is 22.3. The van der Waals surface area contributed by atoms with Crippen LogP contribution in [-0.4, -0.2) is 51.8 Å². The number of benzene rings is 2. The third-order valence-electron chi connectivity index (χ3n) is 3.94. The molecule has 0 saturated heterocycles. The third kappa shape index (κ3) is 5.07. The lowest BCUT2D eigenvalue weighted by atomic mass is 10.1. The van der Waals surface area contributed by atoms with Gasteiger partial charge in [0.2, 0.25) is 0 Å². The van der Waals surface area contributed by atoms with Gasteiger partial charge in [0.15, 0.2) is 18.1 Å². The van der Waals surface area contributed by atoms with Crippen LogP contribution < -0.4 is 24.3 Å². The summed E-state index contributed by atoms with van der Waals surface area (Å²) < 4.78 is 25.4. The number of methoxy groups -OCH3 is 4. The number of nitro groups is 1. The SMILES string of the molecule is COc1ccc(NC(=O)COC(=O)c2cc(OC)c(OC)cc2OC)c([N+](=O)[O-])c1. The minimum atomic E-state index is -0.854. The van der Waals surface area contributed by atoms with Crippen molar-refractivity contribution in [3.8, 4) is 23.0 Å². The smallest absolute Gasteiger partial charge is 0.342 e. The van der Waals surface area contributed by atoms with Crippen molar-refractivity contribution < 1.29 is 38.2 Å². The molecule has 30 heavy (non-hydrogen) atoms. The summed E-state index contributed by atoms with van der Waals surface area (Å²) >= 11 is 0. The lowest BCUT2D eigenvalue weighted by Crippen LogP contribution is -2.21. The molecule has 0 radical (unpaired) electrons. The number of ether oxygens (including phenoxy) is 5. The van der Waals surface area contributed by atoms with Crippen molar-refractivity contribution in [1.82, 2.24) is 0 Å². The van der Waals surface area contributed by atoms with Gasteiger partial charge >= 0.3 is 5.97 Å². The van der Waals surface area contributed by atoms with E-state index in [0.717, 1.165) is 6.07 Å². The molecule has 2 rings (SSSR count). The first-order valence-electron chi connectivity index (χ1n) is 8.44. The second kappa shape index (κ2) is 9.96. The van der Waals surface area contributed by atoms with Crippen molar-refractivity contribution in [3.05, 3.63) is 46.0 Å². The molecule has 1 N–H and O–H groups in total. The Kier molecular flexibility index (Phi) is 7.39. The summed E-state index contributed by atoms with van der Waals surface area (Å²) in [6.45, 7) is -0.681. The molecule has 0 aromatic heterocycles. The third-order valence-corrected chi connectivity index (χ3v) is 3.94. The van der Waals surface area contributed by atoms with Crippen LogP contribution >= 0.6 is 0 Å². The molecule has 0 unspecified atom stereocenters. The fraction of sp³-hybridized carbons (Fsp3) is 0.263. The van der Waals surface area contributed by atoms with Gasteiger partial charge in [0.1, 0.15) is 22.7 Å². The summed E-state index contributed by atoms with van der Waals surface area (Å²) in [6, 6.07) is 6.72. The molecule has 0 atom stereocenters. The largest absolute Gasteiger partial charge is 0.496 e. The average molecular weight is 420 g/mol. The number of esters is 1. The molecule has 0 spiro atoms. The number of anilines is 1. The maximum absolute atomic E-state index is 12.4. The normalized spacial score (nSPS) is 10.0. The highest BCUT2D eigenvalue weighted by molar-refractivity contribution is 5.98. The van der Waals surface area contributed by atoms with E-state index in [0.29, 0.717) is 5.75 Å². The Bertz CT molecular complexity index is 959. The predicted molar refractivity (Wildman–Crippen MR) is 105 cm³/mol. The van der Waals surface area contributed by atoms with Gasteiger partial charge < -0.3 is 29.0 Å². The summed E-state index contributed by atoms with van der Waals surface area (Å²) in [5, 5.41) is 13.5. The summed E-state index contributed by atoms with van der Waals surface area (Å²) in [7, 11) is 5.54. The van der Waals surface area contributed by atoms with Gasteiger partial charge in [-0.2, -0.15) is 0 Å². The number of carbonyl (C=O) groups excluding carboxylic acids is 2. The maximum Gasteiger partial charge on any atom is 0.342 e. The number of carbonyl (C=O) groups is 2. The first-order valence-corrected chi connectivity index (χ1v) is 8.44. The van der Waals surface area contributed by atoms with E-state index in [1.165, 1.54) is 52.7 Å². The Morgan fingerprint density at radius 2 is 1.57 bits per heavy atom. The molecular weight excluding hydrogens is 400 g/mol. The molecule has 0 aliphatic rings. The van der Waals surface area contributed by atoms with Crippen molar-refractivity contribution >= 4 is 23.3 Å². The summed E-state index contributed by atoms with van der Waals surface area (Å²) in [5.41, 5.74) is -0.417. The molecule has 1 amide bonds. The number of amides is 1. The molecule has 160 valence electrons. The van der Waals surface area contributed by atoms with Crippen LogP contribution in [0.25, 0.3) is 0 Å². The minimum Gasteiger partial charge on any atom is -0.496 e. The van der Waals surface area contributed by atoms with Crippen LogP contribution in [0.1, 0.15) is 10.4 Å². The van der Waals surface area contributed by atoms with Crippen molar-refractivity contribution in [2.75, 3.05) is 40.4 Å². The minimum absolute atomic E-state index is 0.0124. The first-order chi connectivity index (χ1) is 14.3. The summed E-state index contributed by atoms with van der Waals surface area (Å²) in [6.07, 6.45) is 0. The van der Waals surface area contributed by atoms with E-state index in [-0.39, 0.29) is 34.2 Å². The lowest BCUT2D eigenvalue weighted by Gasteiger charge is -2.13. The van der Waals surface area contributed by atoms with E-state index >= 15 is 0 Å². The molecular formula is C19H20N2O9. The topological polar surface area (TPSA) is 135 Å². The highest BCUT2D eigenvalue weighted by atomic mass is 16.6. The molecule has 0 aliphatic carbocycles. The number of hydrogen-bond donors (Lipinski definition) is 1. The highest BCUT2D eigenvalue weighted by Crippen LogP contribution is 2.35. The molecule has 0 heterocycles. The standard InChI is InChI=1S/C19H20N2O9/c1-26-11-5-6-13(14(7-11)21(24)25)20-18(22)10-30-19(23)12-8-16(28-3)17(29-4)9-15(12)27-2/h5-9H,10H2,1-4H3,(H,20,22). The number of nitrogens with zero attached hydrogens (tertiary/aromatic N) is 1. The van der Waals surface area contributed by atoms with Gasteiger partial charge in [-0.1, -0.05) is 0 Å². The zero-order valence-electron chi connectivity index (χ0n) is 16.7. The number of nitro benzene ring substituents is 1. The van der Waals surface area contributed by atoms with Gasteiger partial charge in [0.25, 0.3) is 11.6 Å². The molecule has 0 aliphatic heterocycles. The first kappa shape index (κ1) is 22.3. The Hall–Kier alpha value is -4.02. The van der Waals surface area contributed by atoms with Crippen LogP contribution in [0, 0.1) is 10.1 Å². The van der Waals surface area contributed by atoms with E-state index in [1.54, 1.807) is 0 Å². The van der Waals surface area contributed by atoms with Gasteiger partial charge in [-0.3, -0.25) is 14.9 Å². The predicted octanol–water partition coefficient (Wildman–Crippen LogP) is 2.42. The van der Waals surface area contributed by atoms with Crippen LogP contribution in [0.3, 0.4) is 0 Å². The zero-order valence-corrected chi connectivity index (χ0v) is 16.7. The number of rotatable bonds is 9. The quantitative estimate of drug-likeness (QED) is 0.368. The second-order valence-electron chi connectivity index (χ2n) is 5.67. The van der Waals surface area contributed by atoms with Crippen molar-refractivity contribution in [2.45, 2.75) is 0 Å². The van der Waals surface area contributed by atoms with Crippen LogP contribution in [0.4, 0.5) is 11.4 Å². The van der Waals surface area contributed by atoms with Crippen LogP contribution in [0.15, 0.2) is 30.3 Å². The van der Waals surface area contributed by atoms with Crippen molar-refractivity contribution in [3.63, 3.8) is 0 Å². The maximum atomic E-state index is 12.4. The van der Waals surface area contributed by atoms with E-state index in [1.807, 2.05) is 0 Å². The molecule has 11 nitrogen and oxygen atoms in total. The summed E-state index contributed by atoms with van der Waals surface area (Å²) in [4.78, 5) is 35.1. The summed E-state index contributed by atoms with van der Waals surface area (Å²) in [5.74, 6) is -0.599. The second-order valence-corrected chi connectivity index (χ2v) is 5.67. The molecule has 0 bridgehead atoms. The van der Waals surface area contributed by atoms with Gasteiger partial charge in [-0.05, 0) is 12.1 Å². The fourth-order valence-electron chi connectivity index (χ4n) is 2.48. The van der Waals surface area contributed by atoms with E-state index < -0.39 is 23.4 Å². The van der Waals surface area contributed by atoms with E-state index in [2.05, 4.69) is 5.32 Å². The van der Waals surface area contributed by atoms with E-state index in [4.69, 9.17) is 23.7 Å². The van der Waals surface area contributed by atoms with Crippen LogP contribution in [0.5, 0.6) is 23.0 Å². The van der Waals surface area contributed by atoms with Crippen molar-refractivity contribution in [1.29, 1.82) is 0 Å². The van der Waals surface area contributed by atoms with Crippen LogP contribution in [-0.2, 0) is 9.53 Å². The monoisotopic (exact) mass is 420 g/mol.